The first kappa shape index (κ1) is 14.6. The van der Waals surface area contributed by atoms with E-state index in [1.165, 1.54) is 0 Å². The van der Waals surface area contributed by atoms with Crippen molar-refractivity contribution >= 4 is 0 Å². The molecule has 0 radical (unpaired) electrons. The first-order chi connectivity index (χ1) is 9.70. The zero-order valence-electron chi connectivity index (χ0n) is 12.1. The molecule has 0 fully saturated rings. The lowest BCUT2D eigenvalue weighted by atomic mass is 10.0. The van der Waals surface area contributed by atoms with Crippen LogP contribution in [0.4, 0.5) is 0 Å². The van der Waals surface area contributed by atoms with E-state index in [2.05, 4.69) is 11.9 Å². The van der Waals surface area contributed by atoms with E-state index in [0.29, 0.717) is 6.42 Å². The van der Waals surface area contributed by atoms with E-state index in [0.717, 1.165) is 36.6 Å². The quantitative estimate of drug-likeness (QED) is 0.844. The highest BCUT2D eigenvalue weighted by Crippen LogP contribution is 2.21. The fourth-order valence-corrected chi connectivity index (χ4v) is 2.08. The fraction of sp³-hybridized carbons (Fsp3) is 0.438. The maximum absolute atomic E-state index is 10.2. The van der Waals surface area contributed by atoms with Crippen LogP contribution in [0.25, 0.3) is 0 Å². The summed E-state index contributed by atoms with van der Waals surface area (Å²) >= 11 is 0. The molecule has 1 heterocycles. The van der Waals surface area contributed by atoms with Gasteiger partial charge in [-0.15, -0.1) is 0 Å². The Morgan fingerprint density at radius 3 is 2.65 bits per heavy atom. The predicted molar refractivity (Wildman–Crippen MR) is 78.7 cm³/mol. The summed E-state index contributed by atoms with van der Waals surface area (Å²) in [5, 5.41) is 10.2. The summed E-state index contributed by atoms with van der Waals surface area (Å²) in [6, 6.07) is 7.67. The van der Waals surface area contributed by atoms with E-state index in [1.807, 2.05) is 42.1 Å². The monoisotopic (exact) mass is 274 g/mol. The smallest absolute Gasteiger partial charge is 0.119 e. The van der Waals surface area contributed by atoms with Crippen LogP contribution in [-0.2, 0) is 13.5 Å². The second-order valence-corrected chi connectivity index (χ2v) is 4.93. The number of imidazole rings is 1. The lowest BCUT2D eigenvalue weighted by molar-refractivity contribution is 0.166. The van der Waals surface area contributed by atoms with E-state index < -0.39 is 6.10 Å². The van der Waals surface area contributed by atoms with Gasteiger partial charge < -0.3 is 14.4 Å². The average Bonchev–Trinajstić information content (AvgIpc) is 2.88. The molecule has 108 valence electrons. The molecule has 0 amide bonds. The van der Waals surface area contributed by atoms with Crippen LogP contribution in [-0.4, -0.2) is 21.3 Å². The molecule has 0 aliphatic heterocycles. The van der Waals surface area contributed by atoms with Crippen LogP contribution in [0.1, 0.15) is 37.3 Å². The summed E-state index contributed by atoms with van der Waals surface area (Å²) in [7, 11) is 1.97. The third-order valence-electron chi connectivity index (χ3n) is 3.30. The van der Waals surface area contributed by atoms with Crippen LogP contribution >= 0.6 is 0 Å². The Hall–Kier alpha value is -1.81. The van der Waals surface area contributed by atoms with Gasteiger partial charge in [0.05, 0.1) is 12.7 Å². The summed E-state index contributed by atoms with van der Waals surface area (Å²) in [5.74, 6) is 1.85. The Kier molecular flexibility index (Phi) is 5.18. The number of rotatable bonds is 7. The number of aliphatic hydroxyl groups excluding tert-OH is 1. The minimum absolute atomic E-state index is 0.466. The molecule has 2 aromatic rings. The molecule has 0 aliphatic carbocycles. The van der Waals surface area contributed by atoms with Gasteiger partial charge in [0.2, 0.25) is 0 Å². The number of aryl methyl sites for hydroxylation is 2. The van der Waals surface area contributed by atoms with Crippen molar-refractivity contribution in [2.75, 3.05) is 6.61 Å². The Morgan fingerprint density at radius 2 is 2.05 bits per heavy atom. The topological polar surface area (TPSA) is 47.3 Å². The summed E-state index contributed by atoms with van der Waals surface area (Å²) < 4.78 is 7.51. The van der Waals surface area contributed by atoms with Crippen LogP contribution in [0.5, 0.6) is 5.75 Å². The molecule has 1 atom stereocenters. The summed E-state index contributed by atoms with van der Waals surface area (Å²) in [5.41, 5.74) is 0.919. The van der Waals surface area contributed by atoms with Crippen LogP contribution in [0.3, 0.4) is 0 Å². The Morgan fingerprint density at radius 1 is 1.30 bits per heavy atom. The maximum atomic E-state index is 10.2. The zero-order valence-corrected chi connectivity index (χ0v) is 12.1. The average molecular weight is 274 g/mol. The summed E-state index contributed by atoms with van der Waals surface area (Å²) in [6.07, 6.45) is 5.66. The fourth-order valence-electron chi connectivity index (χ4n) is 2.08. The van der Waals surface area contributed by atoms with Crippen molar-refractivity contribution in [3.8, 4) is 5.75 Å². The van der Waals surface area contributed by atoms with Crippen molar-refractivity contribution in [3.63, 3.8) is 0 Å². The first-order valence-electron chi connectivity index (χ1n) is 7.07. The summed E-state index contributed by atoms with van der Waals surface area (Å²) in [6.45, 7) is 2.80. The van der Waals surface area contributed by atoms with Gasteiger partial charge in [0.25, 0.3) is 0 Å². The SMILES string of the molecule is CCCOc1ccc(C(O)CCc2nccn2C)cc1. The van der Waals surface area contributed by atoms with Crippen molar-refractivity contribution in [1.82, 2.24) is 9.55 Å². The maximum Gasteiger partial charge on any atom is 0.119 e. The van der Waals surface area contributed by atoms with Gasteiger partial charge in [-0.05, 0) is 30.5 Å². The molecule has 0 saturated heterocycles. The molecule has 1 N–H and O–H groups in total. The van der Waals surface area contributed by atoms with Gasteiger partial charge in [-0.3, -0.25) is 0 Å². The van der Waals surface area contributed by atoms with Crippen molar-refractivity contribution in [2.24, 2.45) is 7.05 Å². The molecule has 1 unspecified atom stereocenters. The van der Waals surface area contributed by atoms with Gasteiger partial charge in [-0.1, -0.05) is 19.1 Å². The largest absolute Gasteiger partial charge is 0.494 e. The Bertz CT molecular complexity index is 520. The number of hydrogen-bond acceptors (Lipinski definition) is 3. The van der Waals surface area contributed by atoms with E-state index >= 15 is 0 Å². The Labute approximate surface area is 120 Å². The van der Waals surface area contributed by atoms with Gasteiger partial charge in [-0.25, -0.2) is 4.98 Å². The molecular weight excluding hydrogens is 252 g/mol. The molecule has 20 heavy (non-hydrogen) atoms. The molecule has 0 saturated carbocycles. The molecule has 0 bridgehead atoms. The number of benzene rings is 1. The predicted octanol–water partition coefficient (Wildman–Crippen LogP) is 2.88. The zero-order chi connectivity index (χ0) is 14.4. The Balaban J connectivity index is 1.88. The van der Waals surface area contributed by atoms with Gasteiger partial charge in [0, 0.05) is 25.9 Å². The van der Waals surface area contributed by atoms with Crippen LogP contribution in [0, 0.1) is 0 Å². The standard InChI is InChI=1S/C16H22N2O2/c1-3-12-20-14-6-4-13(5-7-14)15(19)8-9-16-17-10-11-18(16)2/h4-7,10-11,15,19H,3,8-9,12H2,1-2H3. The number of nitrogens with zero attached hydrogens (tertiary/aromatic N) is 2. The third-order valence-corrected chi connectivity index (χ3v) is 3.30. The van der Waals surface area contributed by atoms with Gasteiger partial charge in [-0.2, -0.15) is 0 Å². The third kappa shape index (κ3) is 3.84. The minimum atomic E-state index is -0.466. The van der Waals surface area contributed by atoms with Crippen molar-refractivity contribution in [2.45, 2.75) is 32.3 Å². The number of aromatic nitrogens is 2. The van der Waals surface area contributed by atoms with E-state index in [4.69, 9.17) is 4.74 Å². The van der Waals surface area contributed by atoms with E-state index in [1.54, 1.807) is 6.20 Å². The normalized spacial score (nSPS) is 12.3. The van der Waals surface area contributed by atoms with Gasteiger partial charge in [0.15, 0.2) is 0 Å². The second-order valence-electron chi connectivity index (χ2n) is 4.93. The van der Waals surface area contributed by atoms with E-state index in [9.17, 15) is 5.11 Å². The highest BCUT2D eigenvalue weighted by molar-refractivity contribution is 5.28. The number of hydrogen-bond donors (Lipinski definition) is 1. The van der Waals surface area contributed by atoms with Crippen LogP contribution < -0.4 is 4.74 Å². The molecule has 1 aromatic heterocycles. The van der Waals surface area contributed by atoms with E-state index in [-0.39, 0.29) is 0 Å². The molecule has 2 rings (SSSR count). The lowest BCUT2D eigenvalue weighted by Crippen LogP contribution is -2.03. The van der Waals surface area contributed by atoms with Crippen molar-refractivity contribution in [1.29, 1.82) is 0 Å². The molecule has 1 aromatic carbocycles. The molecule has 0 aliphatic rings. The van der Waals surface area contributed by atoms with Crippen LogP contribution in [0.15, 0.2) is 36.7 Å². The molecule has 4 heteroatoms. The molecule has 4 nitrogen and oxygen atoms in total. The van der Waals surface area contributed by atoms with Crippen molar-refractivity contribution < 1.29 is 9.84 Å². The number of ether oxygens (including phenoxy) is 1. The number of aliphatic hydroxyl groups is 1. The molecular formula is C16H22N2O2. The first-order valence-corrected chi connectivity index (χ1v) is 7.07. The second kappa shape index (κ2) is 7.10. The minimum Gasteiger partial charge on any atom is -0.494 e. The van der Waals surface area contributed by atoms with Gasteiger partial charge >= 0.3 is 0 Å². The highest BCUT2D eigenvalue weighted by atomic mass is 16.5. The lowest BCUT2D eigenvalue weighted by Gasteiger charge is -2.12. The summed E-state index contributed by atoms with van der Waals surface area (Å²) in [4.78, 5) is 4.26. The van der Waals surface area contributed by atoms with Crippen LogP contribution in [0.2, 0.25) is 0 Å². The van der Waals surface area contributed by atoms with Crippen molar-refractivity contribution in [3.05, 3.63) is 48.0 Å². The van der Waals surface area contributed by atoms with Gasteiger partial charge in [0.1, 0.15) is 11.6 Å². The molecule has 0 spiro atoms. The highest BCUT2D eigenvalue weighted by Gasteiger charge is 2.09.